The highest BCUT2D eigenvalue weighted by Gasteiger charge is 2.05. The molecule has 0 aliphatic rings. The largest absolute Gasteiger partial charge is 0.344 e. The molecular weight excluding hydrogens is 164 g/mol. The number of hydrogen-bond donors (Lipinski definition) is 1. The van der Waals surface area contributed by atoms with Gasteiger partial charge in [-0.1, -0.05) is 13.8 Å². The Kier molecular flexibility index (Phi) is 3.37. The van der Waals surface area contributed by atoms with Crippen LogP contribution in [0.1, 0.15) is 25.5 Å². The highest BCUT2D eigenvalue weighted by atomic mass is 15.0. The zero-order chi connectivity index (χ0) is 9.68. The summed E-state index contributed by atoms with van der Waals surface area (Å²) in [4.78, 5) is 12.0. The maximum atomic E-state index is 4.20. The first-order chi connectivity index (χ1) is 6.25. The Bertz CT molecular complexity index is 293. The molecule has 0 saturated carbocycles. The fourth-order valence-electron chi connectivity index (χ4n) is 1.04. The maximum Gasteiger partial charge on any atom is 0.115 e. The third-order valence-corrected chi connectivity index (χ3v) is 1.64. The van der Waals surface area contributed by atoms with Crippen LogP contribution in [-0.4, -0.2) is 23.4 Å². The quantitative estimate of drug-likeness (QED) is 0.565. The van der Waals surface area contributed by atoms with Gasteiger partial charge >= 0.3 is 0 Å². The van der Waals surface area contributed by atoms with Gasteiger partial charge in [-0.15, -0.1) is 0 Å². The highest BCUT2D eigenvalue weighted by molar-refractivity contribution is 5.76. The molecule has 4 nitrogen and oxygen atoms in total. The van der Waals surface area contributed by atoms with Crippen LogP contribution < -0.4 is 5.32 Å². The molecule has 0 spiro atoms. The lowest BCUT2D eigenvalue weighted by molar-refractivity contribution is 0.818. The topological polar surface area (TPSA) is 50.2 Å². The molecule has 0 aromatic carbocycles. The summed E-state index contributed by atoms with van der Waals surface area (Å²) in [6, 6.07) is 0. The van der Waals surface area contributed by atoms with E-state index in [1.54, 1.807) is 25.9 Å². The number of hydrogen-bond acceptors (Lipinski definition) is 3. The lowest BCUT2D eigenvalue weighted by atomic mass is 10.1. The molecule has 13 heavy (non-hydrogen) atoms. The van der Waals surface area contributed by atoms with Crippen LogP contribution in [0.25, 0.3) is 0 Å². The van der Waals surface area contributed by atoms with E-state index >= 15 is 0 Å². The maximum absolute atomic E-state index is 4.20. The molecule has 4 heteroatoms. The van der Waals surface area contributed by atoms with E-state index in [-0.39, 0.29) is 0 Å². The predicted molar refractivity (Wildman–Crippen MR) is 54.2 cm³/mol. The normalized spacial score (nSPS) is 11.1. The van der Waals surface area contributed by atoms with Gasteiger partial charge in [0.1, 0.15) is 6.33 Å². The summed E-state index contributed by atoms with van der Waals surface area (Å²) in [5, 5.41) is 3.03. The lowest BCUT2D eigenvalue weighted by Crippen LogP contribution is -2.03. The molecule has 0 aliphatic heterocycles. The molecule has 0 amide bonds. The van der Waals surface area contributed by atoms with Gasteiger partial charge in [0.05, 0.1) is 23.9 Å². The molecule has 1 N–H and O–H groups in total. The fraction of sp³-hybridized carbons (Fsp3) is 0.444. The van der Waals surface area contributed by atoms with Gasteiger partial charge in [0.15, 0.2) is 0 Å². The van der Waals surface area contributed by atoms with Gasteiger partial charge in [-0.25, -0.2) is 9.97 Å². The zero-order valence-corrected chi connectivity index (χ0v) is 8.15. The van der Waals surface area contributed by atoms with E-state index in [0.29, 0.717) is 5.92 Å². The third kappa shape index (κ3) is 2.50. The summed E-state index contributed by atoms with van der Waals surface area (Å²) in [6.45, 7) is 4.19. The minimum absolute atomic E-state index is 0.385. The predicted octanol–water partition coefficient (Wildman–Crippen LogP) is 1.67. The van der Waals surface area contributed by atoms with E-state index in [1.807, 2.05) is 0 Å². The SMILES string of the molecule is CN=CNc1cncnc1C(C)C. The monoisotopic (exact) mass is 178 g/mol. The number of aliphatic imine (C=N–C) groups is 1. The second kappa shape index (κ2) is 4.54. The number of rotatable bonds is 3. The summed E-state index contributed by atoms with van der Waals surface area (Å²) >= 11 is 0. The van der Waals surface area contributed by atoms with Crippen molar-refractivity contribution in [2.45, 2.75) is 19.8 Å². The van der Waals surface area contributed by atoms with E-state index in [0.717, 1.165) is 11.4 Å². The lowest BCUT2D eigenvalue weighted by Gasteiger charge is -2.09. The zero-order valence-electron chi connectivity index (χ0n) is 8.15. The molecule has 70 valence electrons. The summed E-state index contributed by atoms with van der Waals surface area (Å²) in [7, 11) is 1.71. The van der Waals surface area contributed by atoms with Crippen LogP contribution in [0, 0.1) is 0 Å². The third-order valence-electron chi connectivity index (χ3n) is 1.64. The number of aromatic nitrogens is 2. The van der Waals surface area contributed by atoms with Gasteiger partial charge in [-0.05, 0) is 5.92 Å². The Balaban J connectivity index is 2.91. The molecule has 0 radical (unpaired) electrons. The van der Waals surface area contributed by atoms with Crippen molar-refractivity contribution in [1.29, 1.82) is 0 Å². The summed E-state index contributed by atoms with van der Waals surface area (Å²) in [5.41, 5.74) is 1.93. The van der Waals surface area contributed by atoms with Crippen molar-refractivity contribution in [3.8, 4) is 0 Å². The first kappa shape index (κ1) is 9.64. The highest BCUT2D eigenvalue weighted by Crippen LogP contribution is 2.19. The second-order valence-corrected chi connectivity index (χ2v) is 3.01. The van der Waals surface area contributed by atoms with Crippen molar-refractivity contribution in [3.63, 3.8) is 0 Å². The van der Waals surface area contributed by atoms with E-state index in [2.05, 4.69) is 34.1 Å². The van der Waals surface area contributed by atoms with Gasteiger partial charge in [0.25, 0.3) is 0 Å². The van der Waals surface area contributed by atoms with Crippen LogP contribution in [0.5, 0.6) is 0 Å². The van der Waals surface area contributed by atoms with Crippen molar-refractivity contribution < 1.29 is 0 Å². The second-order valence-electron chi connectivity index (χ2n) is 3.01. The molecule has 0 bridgehead atoms. The number of nitrogens with one attached hydrogen (secondary N) is 1. The number of anilines is 1. The molecule has 0 aliphatic carbocycles. The Labute approximate surface area is 78.1 Å². The summed E-state index contributed by atoms with van der Waals surface area (Å²) in [6.07, 6.45) is 4.94. The van der Waals surface area contributed by atoms with Gasteiger partial charge in [-0.3, -0.25) is 4.99 Å². The fourth-order valence-corrected chi connectivity index (χ4v) is 1.04. The van der Waals surface area contributed by atoms with Crippen LogP contribution >= 0.6 is 0 Å². The molecule has 1 aromatic heterocycles. The summed E-state index contributed by atoms with van der Waals surface area (Å²) < 4.78 is 0. The van der Waals surface area contributed by atoms with Crippen LogP contribution in [-0.2, 0) is 0 Å². The van der Waals surface area contributed by atoms with Crippen LogP contribution in [0.4, 0.5) is 5.69 Å². The van der Waals surface area contributed by atoms with Crippen molar-refractivity contribution in [1.82, 2.24) is 9.97 Å². The van der Waals surface area contributed by atoms with Gasteiger partial charge in [0, 0.05) is 7.05 Å². The van der Waals surface area contributed by atoms with Crippen molar-refractivity contribution >= 4 is 12.0 Å². The van der Waals surface area contributed by atoms with Crippen LogP contribution in [0.2, 0.25) is 0 Å². The van der Waals surface area contributed by atoms with Crippen LogP contribution in [0.15, 0.2) is 17.5 Å². The average molecular weight is 178 g/mol. The summed E-state index contributed by atoms with van der Waals surface area (Å²) in [5.74, 6) is 0.385. The van der Waals surface area contributed by atoms with Crippen molar-refractivity contribution in [3.05, 3.63) is 18.2 Å². The minimum Gasteiger partial charge on any atom is -0.344 e. The first-order valence-corrected chi connectivity index (χ1v) is 4.22. The first-order valence-electron chi connectivity index (χ1n) is 4.22. The van der Waals surface area contributed by atoms with Gasteiger partial charge < -0.3 is 5.32 Å². The Hall–Kier alpha value is -1.45. The average Bonchev–Trinajstić information content (AvgIpc) is 2.15. The van der Waals surface area contributed by atoms with E-state index in [9.17, 15) is 0 Å². The Morgan fingerprint density at radius 2 is 2.31 bits per heavy atom. The molecule has 1 rings (SSSR count). The molecule has 1 aromatic rings. The van der Waals surface area contributed by atoms with Gasteiger partial charge in [-0.2, -0.15) is 0 Å². The molecular formula is C9H14N4. The standard InChI is InChI=1S/C9H14N4/c1-7(2)9-8(12-5-10-3)4-11-6-13-9/h4-7H,1-3H3,(H,10,12). The molecule has 0 fully saturated rings. The molecule has 0 saturated heterocycles. The molecule has 1 heterocycles. The van der Waals surface area contributed by atoms with Gasteiger partial charge in [0.2, 0.25) is 0 Å². The van der Waals surface area contributed by atoms with E-state index < -0.39 is 0 Å². The van der Waals surface area contributed by atoms with Crippen LogP contribution in [0.3, 0.4) is 0 Å². The van der Waals surface area contributed by atoms with E-state index in [1.165, 1.54) is 0 Å². The number of nitrogens with zero attached hydrogens (tertiary/aromatic N) is 3. The molecule has 0 atom stereocenters. The van der Waals surface area contributed by atoms with Crippen molar-refractivity contribution in [2.24, 2.45) is 4.99 Å². The Morgan fingerprint density at radius 1 is 1.54 bits per heavy atom. The minimum atomic E-state index is 0.385. The smallest absolute Gasteiger partial charge is 0.115 e. The Morgan fingerprint density at radius 3 is 2.92 bits per heavy atom. The van der Waals surface area contributed by atoms with E-state index in [4.69, 9.17) is 0 Å². The van der Waals surface area contributed by atoms with Crippen molar-refractivity contribution in [2.75, 3.05) is 12.4 Å². The molecule has 0 unspecified atom stereocenters.